The van der Waals surface area contributed by atoms with Crippen molar-refractivity contribution in [2.24, 2.45) is 0 Å². The van der Waals surface area contributed by atoms with Crippen LogP contribution in [-0.2, 0) is 20.9 Å². The van der Waals surface area contributed by atoms with Gasteiger partial charge in [0.1, 0.15) is 5.75 Å². The van der Waals surface area contributed by atoms with Gasteiger partial charge in [-0.1, -0.05) is 12.1 Å². The third kappa shape index (κ3) is 8.78. The van der Waals surface area contributed by atoms with E-state index in [0.717, 1.165) is 29.4 Å². The first-order valence-corrected chi connectivity index (χ1v) is 9.69. The number of hydrogen-bond acceptors (Lipinski definition) is 6. The Hall–Kier alpha value is -1.44. The summed E-state index contributed by atoms with van der Waals surface area (Å²) >= 11 is 1.89. The largest absolute Gasteiger partial charge is 0.494 e. The number of amides is 1. The second-order valence-corrected chi connectivity index (χ2v) is 7.03. The second kappa shape index (κ2) is 12.8. The van der Waals surface area contributed by atoms with Crippen molar-refractivity contribution >= 4 is 36.0 Å². The van der Waals surface area contributed by atoms with Crippen LogP contribution >= 0.6 is 24.2 Å². The smallest absolute Gasteiger partial charge is 0.305 e. The molecule has 2 rings (SSSR count). The van der Waals surface area contributed by atoms with E-state index in [-0.39, 0.29) is 30.3 Å². The molecule has 0 aromatic heterocycles. The van der Waals surface area contributed by atoms with Crippen LogP contribution in [0.2, 0.25) is 0 Å². The Morgan fingerprint density at radius 3 is 2.73 bits per heavy atom. The lowest BCUT2D eigenvalue weighted by atomic mass is 10.2. The Morgan fingerprint density at radius 2 is 2.08 bits per heavy atom. The van der Waals surface area contributed by atoms with Crippen molar-refractivity contribution in [2.45, 2.75) is 31.8 Å². The zero-order chi connectivity index (χ0) is 17.9. The van der Waals surface area contributed by atoms with Crippen molar-refractivity contribution in [1.82, 2.24) is 10.6 Å². The van der Waals surface area contributed by atoms with Crippen LogP contribution < -0.4 is 15.4 Å². The van der Waals surface area contributed by atoms with Gasteiger partial charge >= 0.3 is 5.97 Å². The van der Waals surface area contributed by atoms with Crippen LogP contribution in [0.25, 0.3) is 0 Å². The van der Waals surface area contributed by atoms with Crippen LogP contribution in [0, 0.1) is 0 Å². The fourth-order valence-corrected chi connectivity index (χ4v) is 3.41. The van der Waals surface area contributed by atoms with Gasteiger partial charge in [-0.25, -0.2) is 0 Å². The SMILES string of the molecule is COC(=O)CCCOc1ccc(CNC(=O)CC2CSCCN2)cc1.Cl. The summed E-state index contributed by atoms with van der Waals surface area (Å²) in [5.41, 5.74) is 1.03. The van der Waals surface area contributed by atoms with E-state index < -0.39 is 0 Å². The monoisotopic (exact) mass is 402 g/mol. The maximum Gasteiger partial charge on any atom is 0.305 e. The number of carbonyl (C=O) groups excluding carboxylic acids is 2. The van der Waals surface area contributed by atoms with Crippen LogP contribution in [0.3, 0.4) is 0 Å². The molecule has 1 saturated heterocycles. The van der Waals surface area contributed by atoms with E-state index in [4.69, 9.17) is 4.74 Å². The minimum atomic E-state index is -0.225. The summed E-state index contributed by atoms with van der Waals surface area (Å²) in [6.45, 7) is 1.96. The Morgan fingerprint density at radius 1 is 1.31 bits per heavy atom. The Bertz CT molecular complexity index is 551. The number of ether oxygens (including phenoxy) is 2. The van der Waals surface area contributed by atoms with Gasteiger partial charge in [0.2, 0.25) is 5.91 Å². The van der Waals surface area contributed by atoms with Gasteiger partial charge in [-0.05, 0) is 24.1 Å². The second-order valence-electron chi connectivity index (χ2n) is 5.88. The fraction of sp³-hybridized carbons (Fsp3) is 0.556. The predicted octanol–water partition coefficient (Wildman–Crippen LogP) is 2.15. The topological polar surface area (TPSA) is 76.7 Å². The van der Waals surface area contributed by atoms with E-state index in [0.29, 0.717) is 32.4 Å². The van der Waals surface area contributed by atoms with Gasteiger partial charge in [-0.2, -0.15) is 11.8 Å². The van der Waals surface area contributed by atoms with Crippen molar-refractivity contribution in [3.63, 3.8) is 0 Å². The Balaban J connectivity index is 0.00000338. The quantitative estimate of drug-likeness (QED) is 0.487. The predicted molar refractivity (Wildman–Crippen MR) is 106 cm³/mol. The Labute approximate surface area is 165 Å². The molecule has 1 aliphatic rings. The molecular formula is C18H27ClN2O4S. The van der Waals surface area contributed by atoms with Gasteiger partial charge in [-0.15, -0.1) is 12.4 Å². The average molecular weight is 403 g/mol. The highest BCUT2D eigenvalue weighted by Crippen LogP contribution is 2.13. The molecule has 2 N–H and O–H groups in total. The molecule has 1 fully saturated rings. The molecule has 8 heteroatoms. The van der Waals surface area contributed by atoms with Gasteiger partial charge in [0, 0.05) is 43.5 Å². The normalized spacial score (nSPS) is 16.3. The molecule has 1 aliphatic heterocycles. The number of halogens is 1. The van der Waals surface area contributed by atoms with E-state index in [1.54, 1.807) is 0 Å². The van der Waals surface area contributed by atoms with Gasteiger partial charge in [0.05, 0.1) is 13.7 Å². The molecule has 1 amide bonds. The molecule has 0 radical (unpaired) electrons. The number of esters is 1. The first-order valence-electron chi connectivity index (χ1n) is 8.54. The molecule has 0 spiro atoms. The summed E-state index contributed by atoms with van der Waals surface area (Å²) in [5, 5.41) is 6.32. The van der Waals surface area contributed by atoms with E-state index >= 15 is 0 Å². The number of hydrogen-bond donors (Lipinski definition) is 2. The van der Waals surface area contributed by atoms with E-state index in [1.807, 2.05) is 36.0 Å². The highest BCUT2D eigenvalue weighted by atomic mass is 35.5. The standard InChI is InChI=1S/C18H26N2O4S.ClH/c1-23-18(22)3-2-9-24-16-6-4-14(5-7-16)12-20-17(21)11-15-13-25-10-8-19-15;/h4-7,15,19H,2-3,8-13H2,1H3,(H,20,21);1H. The maximum absolute atomic E-state index is 12.0. The maximum atomic E-state index is 12.0. The van der Waals surface area contributed by atoms with Crippen molar-refractivity contribution in [3.05, 3.63) is 29.8 Å². The molecule has 26 heavy (non-hydrogen) atoms. The van der Waals surface area contributed by atoms with Crippen LogP contribution in [0.5, 0.6) is 5.75 Å². The number of thioether (sulfide) groups is 1. The Kier molecular flexibility index (Phi) is 11.2. The van der Waals surface area contributed by atoms with Crippen molar-refractivity contribution in [1.29, 1.82) is 0 Å². The first-order chi connectivity index (χ1) is 12.2. The first kappa shape index (κ1) is 22.6. The molecule has 1 atom stereocenters. The van der Waals surface area contributed by atoms with Crippen LogP contribution in [0.1, 0.15) is 24.8 Å². The minimum absolute atomic E-state index is 0. The molecular weight excluding hydrogens is 376 g/mol. The molecule has 6 nitrogen and oxygen atoms in total. The third-order valence-corrected chi connectivity index (χ3v) is 5.00. The van der Waals surface area contributed by atoms with Crippen LogP contribution in [0.15, 0.2) is 24.3 Å². The van der Waals surface area contributed by atoms with Gasteiger partial charge < -0.3 is 20.1 Å². The molecule has 1 aromatic carbocycles. The number of benzene rings is 1. The summed E-state index contributed by atoms with van der Waals surface area (Å²) in [7, 11) is 1.38. The van der Waals surface area contributed by atoms with Crippen molar-refractivity contribution in [3.8, 4) is 5.75 Å². The summed E-state index contributed by atoms with van der Waals surface area (Å²) in [6, 6.07) is 7.90. The third-order valence-electron chi connectivity index (χ3n) is 3.86. The lowest BCUT2D eigenvalue weighted by Gasteiger charge is -2.22. The van der Waals surface area contributed by atoms with Gasteiger partial charge in [0.15, 0.2) is 0 Å². The van der Waals surface area contributed by atoms with Crippen molar-refractivity contribution in [2.75, 3.05) is 31.8 Å². The summed E-state index contributed by atoms with van der Waals surface area (Å²) in [5.74, 6) is 2.72. The highest BCUT2D eigenvalue weighted by molar-refractivity contribution is 7.99. The molecule has 1 heterocycles. The van der Waals surface area contributed by atoms with E-state index in [1.165, 1.54) is 7.11 Å². The summed E-state index contributed by atoms with van der Waals surface area (Å²) in [4.78, 5) is 23.0. The van der Waals surface area contributed by atoms with Crippen LogP contribution in [0.4, 0.5) is 0 Å². The molecule has 146 valence electrons. The number of methoxy groups -OCH3 is 1. The zero-order valence-electron chi connectivity index (χ0n) is 15.0. The van der Waals surface area contributed by atoms with Crippen LogP contribution in [-0.4, -0.2) is 49.7 Å². The lowest BCUT2D eigenvalue weighted by Crippen LogP contribution is -2.41. The summed E-state index contributed by atoms with van der Waals surface area (Å²) < 4.78 is 10.2. The van der Waals surface area contributed by atoms with Crippen molar-refractivity contribution < 1.29 is 19.1 Å². The van der Waals surface area contributed by atoms with E-state index in [9.17, 15) is 9.59 Å². The average Bonchev–Trinajstić information content (AvgIpc) is 2.65. The summed E-state index contributed by atoms with van der Waals surface area (Å²) in [6.07, 6.45) is 1.50. The van der Waals surface area contributed by atoms with Gasteiger partial charge in [-0.3, -0.25) is 9.59 Å². The lowest BCUT2D eigenvalue weighted by molar-refractivity contribution is -0.140. The van der Waals surface area contributed by atoms with Gasteiger partial charge in [0.25, 0.3) is 0 Å². The number of carbonyl (C=O) groups is 2. The molecule has 0 aliphatic carbocycles. The minimum Gasteiger partial charge on any atom is -0.494 e. The molecule has 1 aromatic rings. The van der Waals surface area contributed by atoms with E-state index in [2.05, 4.69) is 15.4 Å². The number of nitrogens with one attached hydrogen (secondary N) is 2. The highest BCUT2D eigenvalue weighted by Gasteiger charge is 2.16. The fourth-order valence-electron chi connectivity index (χ4n) is 2.46. The zero-order valence-corrected chi connectivity index (χ0v) is 16.6. The molecule has 0 saturated carbocycles. The number of rotatable bonds is 9. The molecule has 0 bridgehead atoms. The molecule has 1 unspecified atom stereocenters.